The third-order valence-corrected chi connectivity index (χ3v) is 5.01. The molecule has 0 spiro atoms. The molecule has 1 saturated heterocycles. The number of ketones is 1. The monoisotopic (exact) mass is 350 g/mol. The fourth-order valence-corrected chi connectivity index (χ4v) is 3.59. The van der Waals surface area contributed by atoms with E-state index in [1.165, 1.54) is 5.56 Å². The van der Waals surface area contributed by atoms with Crippen LogP contribution >= 0.6 is 0 Å². The highest BCUT2D eigenvalue weighted by molar-refractivity contribution is 5.84. The van der Waals surface area contributed by atoms with E-state index in [-0.39, 0.29) is 18.4 Å². The molecule has 2 aromatic carbocycles. The molecule has 1 heterocycles. The standard InChI is InChI=1S/C22H26N2O2/c25-18-24(17-22(26)15-19-7-3-1-4-8-19)21-11-13-23(14-12-21)16-20-9-5-2-6-10-20/h1-10,18,21H,11-17H2. The number of carbonyl (C=O) groups is 2. The Bertz CT molecular complexity index is 695. The molecular formula is C22H26N2O2. The molecule has 1 aliphatic rings. The highest BCUT2D eigenvalue weighted by Crippen LogP contribution is 2.18. The Hall–Kier alpha value is -2.46. The van der Waals surface area contributed by atoms with Crippen LogP contribution in [0, 0.1) is 0 Å². The summed E-state index contributed by atoms with van der Waals surface area (Å²) in [5.41, 5.74) is 2.32. The zero-order valence-electron chi connectivity index (χ0n) is 15.1. The fraction of sp³-hybridized carbons (Fsp3) is 0.364. The molecule has 0 atom stereocenters. The summed E-state index contributed by atoms with van der Waals surface area (Å²) in [6, 6.07) is 20.3. The van der Waals surface area contributed by atoms with Crippen LogP contribution in [0.15, 0.2) is 60.7 Å². The molecule has 0 aliphatic carbocycles. The maximum absolute atomic E-state index is 12.3. The number of benzene rings is 2. The lowest BCUT2D eigenvalue weighted by Gasteiger charge is -2.36. The van der Waals surface area contributed by atoms with Crippen molar-refractivity contribution in [3.8, 4) is 0 Å². The summed E-state index contributed by atoms with van der Waals surface area (Å²) in [4.78, 5) is 28.0. The first-order valence-corrected chi connectivity index (χ1v) is 9.27. The number of piperidine rings is 1. The zero-order valence-corrected chi connectivity index (χ0v) is 15.1. The molecule has 0 N–H and O–H groups in total. The number of rotatable bonds is 8. The Morgan fingerprint density at radius 1 is 0.962 bits per heavy atom. The van der Waals surface area contributed by atoms with Crippen LogP contribution in [0.1, 0.15) is 24.0 Å². The van der Waals surface area contributed by atoms with Crippen LogP contribution in [0.2, 0.25) is 0 Å². The van der Waals surface area contributed by atoms with Crippen LogP contribution in [-0.4, -0.2) is 47.7 Å². The Morgan fingerprint density at radius 3 is 2.12 bits per heavy atom. The van der Waals surface area contributed by atoms with Crippen LogP contribution < -0.4 is 0 Å². The summed E-state index contributed by atoms with van der Waals surface area (Å²) in [6.45, 7) is 3.07. The maximum atomic E-state index is 12.3. The van der Waals surface area contributed by atoms with Crippen molar-refractivity contribution in [1.29, 1.82) is 0 Å². The Balaban J connectivity index is 1.47. The van der Waals surface area contributed by atoms with E-state index < -0.39 is 0 Å². The lowest BCUT2D eigenvalue weighted by molar-refractivity contribution is -0.129. The van der Waals surface area contributed by atoms with E-state index in [0.717, 1.165) is 44.4 Å². The Kier molecular flexibility index (Phi) is 6.56. The molecule has 0 saturated carbocycles. The number of amides is 1. The van der Waals surface area contributed by atoms with Crippen LogP contribution in [0.3, 0.4) is 0 Å². The van der Waals surface area contributed by atoms with E-state index in [1.54, 1.807) is 4.90 Å². The van der Waals surface area contributed by atoms with Gasteiger partial charge in [0.15, 0.2) is 5.78 Å². The first-order valence-electron chi connectivity index (χ1n) is 9.27. The highest BCUT2D eigenvalue weighted by Gasteiger charge is 2.25. The minimum absolute atomic E-state index is 0.0926. The first kappa shape index (κ1) is 18.3. The Morgan fingerprint density at radius 2 is 1.54 bits per heavy atom. The third-order valence-electron chi connectivity index (χ3n) is 5.01. The predicted octanol–water partition coefficient (Wildman–Crippen LogP) is 2.92. The van der Waals surface area contributed by atoms with Gasteiger partial charge in [0.2, 0.25) is 6.41 Å². The summed E-state index contributed by atoms with van der Waals surface area (Å²) >= 11 is 0. The molecule has 0 aromatic heterocycles. The number of nitrogens with zero attached hydrogens (tertiary/aromatic N) is 2. The third kappa shape index (κ3) is 5.27. The molecule has 136 valence electrons. The fourth-order valence-electron chi connectivity index (χ4n) is 3.59. The second kappa shape index (κ2) is 9.30. The maximum Gasteiger partial charge on any atom is 0.210 e. The summed E-state index contributed by atoms with van der Waals surface area (Å²) in [5.74, 6) is 0.0926. The van der Waals surface area contributed by atoms with Gasteiger partial charge in [0, 0.05) is 32.1 Å². The van der Waals surface area contributed by atoms with Crippen molar-refractivity contribution in [2.75, 3.05) is 19.6 Å². The van der Waals surface area contributed by atoms with Crippen LogP contribution in [0.5, 0.6) is 0 Å². The van der Waals surface area contributed by atoms with Gasteiger partial charge < -0.3 is 4.90 Å². The lowest BCUT2D eigenvalue weighted by Crippen LogP contribution is -2.46. The van der Waals surface area contributed by atoms with Crippen LogP contribution in [-0.2, 0) is 22.6 Å². The predicted molar refractivity (Wildman–Crippen MR) is 103 cm³/mol. The second-order valence-electron chi connectivity index (χ2n) is 6.97. The van der Waals surface area contributed by atoms with Crippen LogP contribution in [0.25, 0.3) is 0 Å². The topological polar surface area (TPSA) is 40.6 Å². The first-order chi connectivity index (χ1) is 12.7. The summed E-state index contributed by atoms with van der Waals surface area (Å²) in [5, 5.41) is 0. The summed E-state index contributed by atoms with van der Waals surface area (Å²) in [7, 11) is 0. The normalized spacial score (nSPS) is 15.5. The van der Waals surface area contributed by atoms with Gasteiger partial charge in [0.1, 0.15) is 0 Å². The van der Waals surface area contributed by atoms with Gasteiger partial charge in [0.05, 0.1) is 6.54 Å². The van der Waals surface area contributed by atoms with Crippen molar-refractivity contribution >= 4 is 12.2 Å². The van der Waals surface area contributed by atoms with E-state index in [9.17, 15) is 9.59 Å². The van der Waals surface area contributed by atoms with Gasteiger partial charge in [0.25, 0.3) is 0 Å². The zero-order chi connectivity index (χ0) is 18.2. The van der Waals surface area contributed by atoms with E-state index in [0.29, 0.717) is 6.42 Å². The SMILES string of the molecule is O=CN(CC(=O)Cc1ccccc1)C1CCN(Cc2ccccc2)CC1. The summed E-state index contributed by atoms with van der Waals surface area (Å²) in [6.07, 6.45) is 3.08. The summed E-state index contributed by atoms with van der Waals surface area (Å²) < 4.78 is 0. The van der Waals surface area contributed by atoms with Gasteiger partial charge in [-0.2, -0.15) is 0 Å². The van der Waals surface area contributed by atoms with Gasteiger partial charge >= 0.3 is 0 Å². The molecular weight excluding hydrogens is 324 g/mol. The minimum atomic E-state index is 0.0926. The van der Waals surface area contributed by atoms with E-state index in [2.05, 4.69) is 29.2 Å². The van der Waals surface area contributed by atoms with Gasteiger partial charge in [-0.15, -0.1) is 0 Å². The van der Waals surface area contributed by atoms with Gasteiger partial charge in [-0.25, -0.2) is 0 Å². The quantitative estimate of drug-likeness (QED) is 0.688. The van der Waals surface area contributed by atoms with Crippen molar-refractivity contribution < 1.29 is 9.59 Å². The van der Waals surface area contributed by atoms with Crippen molar-refractivity contribution in [1.82, 2.24) is 9.80 Å². The molecule has 4 heteroatoms. The van der Waals surface area contributed by atoms with E-state index in [4.69, 9.17) is 0 Å². The van der Waals surface area contributed by atoms with E-state index in [1.807, 2.05) is 36.4 Å². The van der Waals surface area contributed by atoms with Gasteiger partial charge in [-0.05, 0) is 24.0 Å². The number of hydrogen-bond acceptors (Lipinski definition) is 3. The molecule has 0 unspecified atom stereocenters. The van der Waals surface area contributed by atoms with Gasteiger partial charge in [-0.3, -0.25) is 14.5 Å². The highest BCUT2D eigenvalue weighted by atomic mass is 16.1. The number of hydrogen-bond donors (Lipinski definition) is 0. The number of carbonyl (C=O) groups excluding carboxylic acids is 2. The molecule has 1 amide bonds. The molecule has 0 bridgehead atoms. The van der Waals surface area contributed by atoms with Crippen LogP contribution in [0.4, 0.5) is 0 Å². The minimum Gasteiger partial charge on any atom is -0.335 e. The second-order valence-corrected chi connectivity index (χ2v) is 6.97. The number of likely N-dealkylation sites (tertiary alicyclic amines) is 1. The molecule has 3 rings (SSSR count). The van der Waals surface area contributed by atoms with Gasteiger partial charge in [-0.1, -0.05) is 60.7 Å². The average molecular weight is 350 g/mol. The molecule has 0 radical (unpaired) electrons. The van der Waals surface area contributed by atoms with Crippen molar-refractivity contribution in [3.63, 3.8) is 0 Å². The smallest absolute Gasteiger partial charge is 0.210 e. The molecule has 1 fully saturated rings. The molecule has 4 nitrogen and oxygen atoms in total. The molecule has 2 aromatic rings. The van der Waals surface area contributed by atoms with E-state index >= 15 is 0 Å². The van der Waals surface area contributed by atoms with Crippen molar-refractivity contribution in [3.05, 3.63) is 71.8 Å². The molecule has 26 heavy (non-hydrogen) atoms. The number of Topliss-reactive ketones (excluding diaryl/α,β-unsaturated/α-hetero) is 1. The van der Waals surface area contributed by atoms with Crippen molar-refractivity contribution in [2.24, 2.45) is 0 Å². The molecule has 1 aliphatic heterocycles. The Labute approximate surface area is 155 Å². The average Bonchev–Trinajstić information content (AvgIpc) is 2.68. The van der Waals surface area contributed by atoms with Crippen molar-refractivity contribution in [2.45, 2.75) is 31.8 Å². The lowest BCUT2D eigenvalue weighted by atomic mass is 10.0. The largest absolute Gasteiger partial charge is 0.335 e.